The summed E-state index contributed by atoms with van der Waals surface area (Å²) in [5.41, 5.74) is 20.3. The summed E-state index contributed by atoms with van der Waals surface area (Å²) in [7, 11) is -8.18. The molecule has 0 radical (unpaired) electrons. The molecule has 0 saturated heterocycles. The number of ketones is 1. The first kappa shape index (κ1) is 75.7. The van der Waals surface area contributed by atoms with Crippen molar-refractivity contribution in [2.45, 2.75) is 130 Å². The molecule has 6 N–H and O–H groups in total. The van der Waals surface area contributed by atoms with Gasteiger partial charge in [0.15, 0.2) is 11.5 Å². The van der Waals surface area contributed by atoms with Gasteiger partial charge in [0, 0.05) is 91.4 Å². The number of nitrogens with one attached hydrogen (secondary N) is 2. The zero-order valence-electron chi connectivity index (χ0n) is 58.5. The number of fused-ring (bicyclic) bond motifs is 3. The van der Waals surface area contributed by atoms with E-state index < -0.39 is 26.1 Å². The summed E-state index contributed by atoms with van der Waals surface area (Å²) in [5, 5.41) is 11.1. The van der Waals surface area contributed by atoms with Gasteiger partial charge in [-0.1, -0.05) is 88.4 Å². The Morgan fingerprint density at radius 3 is 1.93 bits per heavy atom. The number of carbonyl (C=O) groups excluding carboxylic acids is 3. The van der Waals surface area contributed by atoms with Crippen molar-refractivity contribution in [1.82, 2.24) is 15.1 Å². The minimum Gasteiger partial charge on any atom is -0.384 e. The third-order valence-electron chi connectivity index (χ3n) is 18.8. The average molecular weight is 1400 g/mol. The molecule has 0 unspecified atom stereocenters. The van der Waals surface area contributed by atoms with Crippen LogP contribution >= 0.6 is 0 Å². The first-order valence-corrected chi connectivity index (χ1v) is 37.9. The van der Waals surface area contributed by atoms with E-state index in [2.05, 4.69) is 110 Å². The molecule has 1 aromatic heterocycles. The van der Waals surface area contributed by atoms with Gasteiger partial charge in [-0.25, -0.2) is 4.68 Å². The Balaban J connectivity index is 0.714. The smallest absolute Gasteiger partial charge is 0.264 e. The lowest BCUT2D eigenvalue weighted by molar-refractivity contribution is -0.438. The Kier molecular flexibility index (Phi) is 26.2. The SMILES string of the molecule is Cc1nn(-c2ccc(C(N)=O)c(NCCCOCCOCCOCCOCCOCCCNC(=O)c3ccc(C4=C(/C=C/C5=[N+](CCCCS(=O)(=O)O)c6ccccc6C5(C)C)CCC/C4=C\C=C4/N(CCCCS(=O)(=O)O)c5ccccc5C4(C)C)cc3)c2)c2c1C(=O)CC(C)(C)C2. The fraction of sp³-hybridized carbons (Fsp3) is 0.487. The number of aryl methyl sites for hydroxylation is 1. The van der Waals surface area contributed by atoms with Gasteiger partial charge in [-0.2, -0.15) is 26.5 Å². The van der Waals surface area contributed by atoms with Crippen molar-refractivity contribution in [1.29, 1.82) is 0 Å². The number of para-hydroxylation sites is 2. The minimum atomic E-state index is -4.09. The molecule has 4 aliphatic rings. The van der Waals surface area contributed by atoms with Crippen LogP contribution in [0.3, 0.4) is 0 Å². The van der Waals surface area contributed by atoms with Crippen LogP contribution < -0.4 is 21.3 Å². The molecule has 4 aromatic carbocycles. The van der Waals surface area contributed by atoms with Gasteiger partial charge in [0.1, 0.15) is 6.54 Å². The number of primary amides is 1. The predicted molar refractivity (Wildman–Crippen MR) is 387 cm³/mol. The molecular formula is C76H100N7O14S2+. The van der Waals surface area contributed by atoms with Crippen LogP contribution in [0.4, 0.5) is 17.1 Å². The molecule has 0 spiro atoms. The number of anilines is 2. The van der Waals surface area contributed by atoms with Gasteiger partial charge in [-0.05, 0) is 154 Å². The van der Waals surface area contributed by atoms with Crippen LogP contribution in [-0.2, 0) is 61.2 Å². The van der Waals surface area contributed by atoms with Crippen molar-refractivity contribution in [3.05, 3.63) is 177 Å². The summed E-state index contributed by atoms with van der Waals surface area (Å²) in [6.07, 6.45) is 15.6. The molecule has 0 atom stereocenters. The van der Waals surface area contributed by atoms with Gasteiger partial charge in [0.2, 0.25) is 5.69 Å². The fourth-order valence-electron chi connectivity index (χ4n) is 13.9. The monoisotopic (exact) mass is 1400 g/mol. The minimum absolute atomic E-state index is 0.102. The van der Waals surface area contributed by atoms with Gasteiger partial charge in [-0.15, -0.1) is 0 Å². The van der Waals surface area contributed by atoms with Crippen LogP contribution in [-0.4, -0.2) is 167 Å². The lowest BCUT2D eigenvalue weighted by Gasteiger charge is -2.29. The third-order valence-corrected chi connectivity index (χ3v) is 20.4. The second kappa shape index (κ2) is 34.3. The van der Waals surface area contributed by atoms with Crippen LogP contribution in [0.15, 0.2) is 132 Å². The molecule has 9 rings (SSSR count). The number of Topliss-reactive ketones (excluding diaryl/α,β-unsaturated/α-hetero) is 1. The first-order valence-electron chi connectivity index (χ1n) is 34.7. The Labute approximate surface area is 584 Å². The molecule has 5 aromatic rings. The second-order valence-corrected chi connectivity index (χ2v) is 30.8. The molecule has 3 heterocycles. The quantitative estimate of drug-likeness (QED) is 0.0139. The van der Waals surface area contributed by atoms with E-state index in [1.165, 1.54) is 11.1 Å². The lowest BCUT2D eigenvalue weighted by atomic mass is 9.75. The van der Waals surface area contributed by atoms with Crippen LogP contribution in [0.2, 0.25) is 0 Å². The summed E-state index contributed by atoms with van der Waals surface area (Å²) in [6, 6.07) is 29.7. The highest BCUT2D eigenvalue weighted by atomic mass is 32.2. The summed E-state index contributed by atoms with van der Waals surface area (Å²) in [4.78, 5) is 41.2. The molecule has 2 aliphatic carbocycles. The summed E-state index contributed by atoms with van der Waals surface area (Å²) in [5.74, 6) is -1.23. The average Bonchev–Trinajstić information content (AvgIpc) is 1.63. The number of nitrogens with two attached hydrogens (primary N) is 1. The van der Waals surface area contributed by atoms with E-state index in [-0.39, 0.29) is 39.4 Å². The van der Waals surface area contributed by atoms with Gasteiger partial charge in [0.25, 0.3) is 32.1 Å². The van der Waals surface area contributed by atoms with Gasteiger partial charge >= 0.3 is 0 Å². The molecule has 2 aliphatic heterocycles. The number of ether oxygens (including phenoxy) is 5. The van der Waals surface area contributed by atoms with Crippen LogP contribution in [0, 0.1) is 12.3 Å². The Morgan fingerprint density at radius 2 is 1.28 bits per heavy atom. The second-order valence-electron chi connectivity index (χ2n) is 27.7. The first-order chi connectivity index (χ1) is 47.2. The van der Waals surface area contributed by atoms with E-state index in [0.717, 1.165) is 75.7 Å². The number of carbonyl (C=O) groups is 3. The maximum Gasteiger partial charge on any atom is 0.264 e. The number of unbranched alkanes of at least 4 members (excludes halogenated alkanes) is 2. The van der Waals surface area contributed by atoms with Gasteiger partial charge in [0.05, 0.1) is 98.0 Å². The molecule has 23 heteroatoms. The molecule has 0 fully saturated rings. The topological polar surface area (TPSA) is 280 Å². The van der Waals surface area contributed by atoms with Crippen molar-refractivity contribution in [3.63, 3.8) is 0 Å². The molecular weight excluding hydrogens is 1300 g/mol. The maximum atomic E-state index is 13.6. The fourth-order valence-corrected chi connectivity index (χ4v) is 15.0. The molecule has 0 saturated carbocycles. The van der Waals surface area contributed by atoms with Crippen molar-refractivity contribution in [2.24, 2.45) is 11.1 Å². The Hall–Kier alpha value is -7.45. The van der Waals surface area contributed by atoms with E-state index in [1.54, 1.807) is 12.1 Å². The van der Waals surface area contributed by atoms with Crippen molar-refractivity contribution >= 4 is 66.2 Å². The number of nitrogens with zero attached hydrogens (tertiary/aromatic N) is 4. The highest BCUT2D eigenvalue weighted by Crippen LogP contribution is 2.49. The van der Waals surface area contributed by atoms with Gasteiger partial charge < -0.3 is 45.0 Å². The summed E-state index contributed by atoms with van der Waals surface area (Å²) < 4.78 is 98.3. The number of aromatic nitrogens is 2. The van der Waals surface area contributed by atoms with E-state index in [9.17, 15) is 40.3 Å². The van der Waals surface area contributed by atoms with Gasteiger partial charge in [-0.3, -0.25) is 23.5 Å². The van der Waals surface area contributed by atoms with E-state index in [1.807, 2.05) is 66.2 Å². The van der Waals surface area contributed by atoms with Crippen LogP contribution in [0.1, 0.15) is 165 Å². The zero-order valence-corrected chi connectivity index (χ0v) is 60.2. The maximum absolute atomic E-state index is 13.6. The third kappa shape index (κ3) is 20.2. The number of rotatable bonds is 38. The van der Waals surface area contributed by atoms with Crippen molar-refractivity contribution < 1.29 is 68.6 Å². The number of hydrogen-bond donors (Lipinski definition) is 5. The van der Waals surface area contributed by atoms with E-state index in [0.29, 0.717) is 172 Å². The van der Waals surface area contributed by atoms with Crippen LogP contribution in [0.25, 0.3) is 11.3 Å². The van der Waals surface area contributed by atoms with Crippen molar-refractivity contribution in [3.8, 4) is 5.69 Å². The largest absolute Gasteiger partial charge is 0.384 e. The predicted octanol–water partition coefficient (Wildman–Crippen LogP) is 11.7. The van der Waals surface area contributed by atoms with E-state index in [4.69, 9.17) is 34.5 Å². The number of hydrogen-bond acceptors (Lipinski definition) is 15. The molecule has 0 bridgehead atoms. The highest BCUT2D eigenvalue weighted by Gasteiger charge is 2.44. The van der Waals surface area contributed by atoms with E-state index >= 15 is 0 Å². The molecule has 99 heavy (non-hydrogen) atoms. The zero-order chi connectivity index (χ0) is 71.0. The molecule has 2 amide bonds. The van der Waals surface area contributed by atoms with Crippen molar-refractivity contribution in [2.75, 3.05) is 114 Å². The Bertz CT molecular complexity index is 4090. The Morgan fingerprint density at radius 1 is 0.677 bits per heavy atom. The standard InChI is InChI=1S/C76H99N7O14S2/c1-54-70-66(52-74(2,3)53-67(70)84)83(80-54)59-31-32-60(72(77)85)63(51-59)78-35-17-39-93-41-43-95-45-47-97-48-46-96-44-42-94-40-18-36-79-73(86)58-27-25-57(26-28-58)71-55(29-33-68-75(4,5)61-21-8-10-23-64(61)81(68)37-12-14-49-98(87,88)89)19-16-20-56(71)30-34-69-76(6,7)62-22-9-11-24-65(62)82(69)38-13-15-50-99(90,91)92/h8-11,21-34,51H,12-20,35-50,52-53H2,1-7H3,(H5-,77,78,79,85,86,87,88,89,90,91,92)/p+1. The lowest BCUT2D eigenvalue weighted by Crippen LogP contribution is -2.28. The summed E-state index contributed by atoms with van der Waals surface area (Å²) in [6.45, 7) is 21.2. The molecule has 534 valence electrons. The summed E-state index contributed by atoms with van der Waals surface area (Å²) >= 11 is 0. The number of benzene rings is 4. The van der Waals surface area contributed by atoms with Crippen LogP contribution in [0.5, 0.6) is 0 Å². The molecule has 21 nitrogen and oxygen atoms in total. The number of amides is 2. The normalized spacial score (nSPS) is 17.3. The number of allylic oxidation sites excluding steroid dienone is 8. The highest BCUT2D eigenvalue weighted by molar-refractivity contribution is 7.86.